The Balaban J connectivity index is 2.13. The molecule has 0 aliphatic rings. The van der Waals surface area contributed by atoms with Crippen LogP contribution in [0.1, 0.15) is 35.8 Å². The van der Waals surface area contributed by atoms with Crippen LogP contribution in [0.5, 0.6) is 0 Å². The first kappa shape index (κ1) is 24.6. The highest BCUT2D eigenvalue weighted by atomic mass is 35.5. The van der Waals surface area contributed by atoms with E-state index in [9.17, 15) is 18.0 Å². The van der Waals surface area contributed by atoms with E-state index in [1.165, 1.54) is 0 Å². The molecule has 10 heteroatoms. The first-order chi connectivity index (χ1) is 14.6. The third-order valence-electron chi connectivity index (χ3n) is 4.27. The number of hydrogen-bond acceptors (Lipinski definition) is 4. The molecule has 0 radical (unpaired) electrons. The van der Waals surface area contributed by atoms with Crippen LogP contribution in [-0.4, -0.2) is 30.7 Å². The first-order valence-corrected chi connectivity index (χ1v) is 9.94. The van der Waals surface area contributed by atoms with E-state index >= 15 is 0 Å². The van der Waals surface area contributed by atoms with Crippen LogP contribution in [0, 0.1) is 17.6 Å². The van der Waals surface area contributed by atoms with Gasteiger partial charge < -0.3 is 16.8 Å². The average molecular weight is 456 g/mol. The van der Waals surface area contributed by atoms with E-state index in [4.69, 9.17) is 23.1 Å². The van der Waals surface area contributed by atoms with Gasteiger partial charge in [0.15, 0.2) is 23.8 Å². The number of benzene rings is 2. The SMILES string of the molecule is CC(C)CN=C(NC(=O)c1ccc(F)c(F)c1)NC(N)C(F)C(N)c1ccc(Cl)cc1. The molecular weight excluding hydrogens is 431 g/mol. The fourth-order valence-electron chi connectivity index (χ4n) is 2.54. The molecule has 0 aliphatic carbocycles. The van der Waals surface area contributed by atoms with Crippen molar-refractivity contribution in [2.45, 2.75) is 32.2 Å². The quantitative estimate of drug-likeness (QED) is 0.292. The van der Waals surface area contributed by atoms with Crippen molar-refractivity contribution < 1.29 is 18.0 Å². The third kappa shape index (κ3) is 7.23. The molecule has 0 aromatic heterocycles. The van der Waals surface area contributed by atoms with Gasteiger partial charge in [0.25, 0.3) is 5.91 Å². The number of amides is 1. The number of nitrogens with two attached hydrogens (primary N) is 2. The van der Waals surface area contributed by atoms with Crippen LogP contribution in [0.3, 0.4) is 0 Å². The number of nitrogens with zero attached hydrogens (tertiary/aromatic N) is 1. The number of aliphatic imine (C=N–C) groups is 1. The molecule has 0 spiro atoms. The van der Waals surface area contributed by atoms with Crippen molar-refractivity contribution in [2.24, 2.45) is 22.4 Å². The largest absolute Gasteiger partial charge is 0.338 e. The van der Waals surface area contributed by atoms with E-state index in [1.807, 2.05) is 13.8 Å². The van der Waals surface area contributed by atoms with Crippen molar-refractivity contribution >= 4 is 23.5 Å². The molecule has 2 aromatic carbocycles. The Kier molecular flexibility index (Phi) is 8.85. The van der Waals surface area contributed by atoms with Crippen molar-refractivity contribution in [2.75, 3.05) is 6.54 Å². The number of carbonyl (C=O) groups is 1. The Morgan fingerprint density at radius 2 is 1.74 bits per heavy atom. The van der Waals surface area contributed by atoms with Crippen LogP contribution in [0.25, 0.3) is 0 Å². The van der Waals surface area contributed by atoms with Gasteiger partial charge in [0, 0.05) is 17.1 Å². The maximum atomic E-state index is 14.9. The lowest BCUT2D eigenvalue weighted by Gasteiger charge is -2.25. The molecule has 6 nitrogen and oxygen atoms in total. The van der Waals surface area contributed by atoms with E-state index in [0.29, 0.717) is 17.1 Å². The summed E-state index contributed by atoms with van der Waals surface area (Å²) in [7, 11) is 0. The smallest absolute Gasteiger partial charge is 0.258 e. The predicted octanol–water partition coefficient (Wildman–Crippen LogP) is 3.27. The zero-order valence-corrected chi connectivity index (χ0v) is 17.8. The molecule has 6 N–H and O–H groups in total. The lowest BCUT2D eigenvalue weighted by Crippen LogP contribution is -2.55. The summed E-state index contributed by atoms with van der Waals surface area (Å²) < 4.78 is 41.4. The number of nitrogens with one attached hydrogen (secondary N) is 2. The number of halogens is 4. The number of alkyl halides is 1. The molecule has 2 aromatic rings. The first-order valence-electron chi connectivity index (χ1n) is 9.56. The molecule has 1 amide bonds. The van der Waals surface area contributed by atoms with Crippen LogP contribution in [0.15, 0.2) is 47.5 Å². The van der Waals surface area contributed by atoms with E-state index in [-0.39, 0.29) is 17.4 Å². The number of hydrogen-bond donors (Lipinski definition) is 4. The molecule has 0 heterocycles. The minimum absolute atomic E-state index is 0.109. The van der Waals surface area contributed by atoms with Crippen LogP contribution in [0.2, 0.25) is 5.02 Å². The molecule has 0 aliphatic heterocycles. The minimum atomic E-state index is -1.74. The fraction of sp³-hybridized carbons (Fsp3) is 0.333. The molecule has 168 valence electrons. The number of rotatable bonds is 7. The maximum Gasteiger partial charge on any atom is 0.258 e. The van der Waals surface area contributed by atoms with Gasteiger partial charge in [-0.05, 0) is 41.8 Å². The maximum absolute atomic E-state index is 14.9. The molecule has 3 unspecified atom stereocenters. The molecular formula is C21H25ClF3N5O. The zero-order valence-electron chi connectivity index (χ0n) is 17.1. The summed E-state index contributed by atoms with van der Waals surface area (Å²) >= 11 is 5.83. The van der Waals surface area contributed by atoms with Crippen LogP contribution >= 0.6 is 11.6 Å². The highest BCUT2D eigenvalue weighted by Gasteiger charge is 2.27. The van der Waals surface area contributed by atoms with Gasteiger partial charge in [0.2, 0.25) is 0 Å². The van der Waals surface area contributed by atoms with Gasteiger partial charge >= 0.3 is 0 Å². The summed E-state index contributed by atoms with van der Waals surface area (Å²) in [6.45, 7) is 4.09. The standard InChI is InChI=1S/C21H25ClF3N5O/c1-11(2)10-28-21(30-20(31)13-5-8-15(23)16(24)9-13)29-19(27)17(25)18(26)12-3-6-14(22)7-4-12/h3-9,11,17-19H,10,26-27H2,1-2H3,(H2,28,29,30,31). The topological polar surface area (TPSA) is 106 Å². The van der Waals surface area contributed by atoms with E-state index < -0.39 is 35.9 Å². The second kappa shape index (κ2) is 11.1. The molecule has 0 bridgehead atoms. The Hall–Kier alpha value is -2.62. The second-order valence-electron chi connectivity index (χ2n) is 7.36. The second-order valence-corrected chi connectivity index (χ2v) is 7.79. The van der Waals surface area contributed by atoms with Gasteiger partial charge in [-0.3, -0.25) is 15.1 Å². The van der Waals surface area contributed by atoms with Crippen LogP contribution < -0.4 is 22.1 Å². The summed E-state index contributed by atoms with van der Waals surface area (Å²) in [5.41, 5.74) is 12.2. The summed E-state index contributed by atoms with van der Waals surface area (Å²) in [5.74, 6) is -3.00. The van der Waals surface area contributed by atoms with Crippen LogP contribution in [0.4, 0.5) is 13.2 Å². The Morgan fingerprint density at radius 3 is 2.32 bits per heavy atom. The van der Waals surface area contributed by atoms with E-state index in [2.05, 4.69) is 15.6 Å². The lowest BCUT2D eigenvalue weighted by atomic mass is 10.0. The molecule has 31 heavy (non-hydrogen) atoms. The average Bonchev–Trinajstić information content (AvgIpc) is 2.73. The van der Waals surface area contributed by atoms with Crippen LogP contribution in [-0.2, 0) is 0 Å². The van der Waals surface area contributed by atoms with Gasteiger partial charge in [-0.15, -0.1) is 0 Å². The van der Waals surface area contributed by atoms with Crippen molar-refractivity contribution in [1.29, 1.82) is 0 Å². The predicted molar refractivity (Wildman–Crippen MR) is 115 cm³/mol. The highest BCUT2D eigenvalue weighted by molar-refractivity contribution is 6.30. The Labute approximate surface area is 183 Å². The van der Waals surface area contributed by atoms with Gasteiger partial charge in [-0.1, -0.05) is 37.6 Å². The highest BCUT2D eigenvalue weighted by Crippen LogP contribution is 2.20. The minimum Gasteiger partial charge on any atom is -0.338 e. The summed E-state index contributed by atoms with van der Waals surface area (Å²) in [6.07, 6.45) is -3.06. The van der Waals surface area contributed by atoms with Gasteiger partial charge in [-0.25, -0.2) is 13.2 Å². The van der Waals surface area contributed by atoms with E-state index in [1.54, 1.807) is 24.3 Å². The molecule has 0 saturated carbocycles. The van der Waals surface area contributed by atoms with Crippen molar-refractivity contribution in [1.82, 2.24) is 10.6 Å². The van der Waals surface area contributed by atoms with Crippen molar-refractivity contribution in [3.63, 3.8) is 0 Å². The number of carbonyl (C=O) groups excluding carboxylic acids is 1. The molecule has 3 atom stereocenters. The summed E-state index contributed by atoms with van der Waals surface area (Å²) in [4.78, 5) is 16.6. The van der Waals surface area contributed by atoms with E-state index in [0.717, 1.165) is 18.2 Å². The van der Waals surface area contributed by atoms with Crippen molar-refractivity contribution in [3.05, 3.63) is 70.2 Å². The van der Waals surface area contributed by atoms with Gasteiger partial charge in [0.1, 0.15) is 6.17 Å². The Morgan fingerprint density at radius 1 is 1.10 bits per heavy atom. The fourth-order valence-corrected chi connectivity index (χ4v) is 2.67. The summed E-state index contributed by atoms with van der Waals surface area (Å²) in [5, 5.41) is 5.50. The zero-order chi connectivity index (χ0) is 23.1. The molecule has 2 rings (SSSR count). The lowest BCUT2D eigenvalue weighted by molar-refractivity contribution is 0.0974. The number of guanidine groups is 1. The van der Waals surface area contributed by atoms with Crippen molar-refractivity contribution in [3.8, 4) is 0 Å². The molecule has 0 fully saturated rings. The Bertz CT molecular complexity index is 924. The van der Waals surface area contributed by atoms with Gasteiger partial charge in [0.05, 0.1) is 6.04 Å². The summed E-state index contributed by atoms with van der Waals surface area (Å²) in [6, 6.07) is 7.97. The monoisotopic (exact) mass is 455 g/mol. The van der Waals surface area contributed by atoms with Gasteiger partial charge in [-0.2, -0.15) is 0 Å². The third-order valence-corrected chi connectivity index (χ3v) is 4.52. The molecule has 0 saturated heterocycles. The normalized spacial score (nSPS) is 14.8.